The lowest BCUT2D eigenvalue weighted by Gasteiger charge is -2.17. The number of rotatable bonds is 5. The van der Waals surface area contributed by atoms with Crippen molar-refractivity contribution in [3.05, 3.63) is 35.9 Å². The first-order valence-electron chi connectivity index (χ1n) is 5.76. The molecular weight excluding hydrogens is 200 g/mol. The Labute approximate surface area is 97.0 Å². The van der Waals surface area contributed by atoms with Crippen molar-refractivity contribution in [1.82, 2.24) is 5.32 Å². The first-order chi connectivity index (χ1) is 7.65. The van der Waals surface area contributed by atoms with Gasteiger partial charge in [-0.25, -0.2) is 0 Å². The van der Waals surface area contributed by atoms with Crippen molar-refractivity contribution >= 4 is 5.91 Å². The smallest absolute Gasteiger partial charge is 0.237 e. The Morgan fingerprint density at radius 3 is 2.56 bits per heavy atom. The zero-order chi connectivity index (χ0) is 12.0. The summed E-state index contributed by atoms with van der Waals surface area (Å²) in [6.07, 6.45) is 1.65. The predicted octanol–water partition coefficient (Wildman–Crippen LogP) is 1.99. The van der Waals surface area contributed by atoms with Crippen molar-refractivity contribution in [2.45, 2.75) is 38.8 Å². The molecule has 0 saturated heterocycles. The Balaban J connectivity index is 2.51. The summed E-state index contributed by atoms with van der Waals surface area (Å²) in [5.41, 5.74) is 6.84. The third-order valence-electron chi connectivity index (χ3n) is 2.59. The lowest BCUT2D eigenvalue weighted by Crippen LogP contribution is -2.41. The van der Waals surface area contributed by atoms with Gasteiger partial charge in [0.25, 0.3) is 0 Å². The lowest BCUT2D eigenvalue weighted by molar-refractivity contribution is -0.123. The molecule has 2 atom stereocenters. The molecule has 1 aromatic carbocycles. The van der Waals surface area contributed by atoms with E-state index in [9.17, 15) is 4.79 Å². The molecule has 0 saturated carbocycles. The third-order valence-corrected chi connectivity index (χ3v) is 2.59. The Morgan fingerprint density at radius 1 is 1.38 bits per heavy atom. The van der Waals surface area contributed by atoms with Crippen molar-refractivity contribution in [3.63, 3.8) is 0 Å². The van der Waals surface area contributed by atoms with E-state index >= 15 is 0 Å². The zero-order valence-electron chi connectivity index (χ0n) is 9.94. The number of hydrogen-bond acceptors (Lipinski definition) is 2. The summed E-state index contributed by atoms with van der Waals surface area (Å²) in [6, 6.07) is 9.49. The van der Waals surface area contributed by atoms with Crippen LogP contribution in [0.4, 0.5) is 0 Å². The second kappa shape index (κ2) is 6.28. The van der Waals surface area contributed by atoms with E-state index in [1.165, 1.54) is 0 Å². The summed E-state index contributed by atoms with van der Waals surface area (Å²) in [4.78, 5) is 11.7. The number of carbonyl (C=O) groups excluding carboxylic acids is 1. The van der Waals surface area contributed by atoms with Gasteiger partial charge in [-0.2, -0.15) is 0 Å². The maximum atomic E-state index is 11.7. The minimum Gasteiger partial charge on any atom is -0.348 e. The molecule has 0 radical (unpaired) electrons. The maximum absolute atomic E-state index is 11.7. The van der Waals surface area contributed by atoms with Crippen LogP contribution in [0.3, 0.4) is 0 Å². The Morgan fingerprint density at radius 2 is 2.00 bits per heavy atom. The average Bonchev–Trinajstić information content (AvgIpc) is 2.30. The van der Waals surface area contributed by atoms with Crippen LogP contribution in [0.15, 0.2) is 30.3 Å². The molecule has 0 aliphatic heterocycles. The quantitative estimate of drug-likeness (QED) is 0.797. The van der Waals surface area contributed by atoms with Crippen LogP contribution >= 0.6 is 0 Å². The van der Waals surface area contributed by atoms with Gasteiger partial charge in [-0.3, -0.25) is 4.79 Å². The summed E-state index contributed by atoms with van der Waals surface area (Å²) in [7, 11) is 0. The molecule has 16 heavy (non-hydrogen) atoms. The van der Waals surface area contributed by atoms with Crippen LogP contribution in [0.25, 0.3) is 0 Å². The number of carbonyl (C=O) groups is 1. The molecule has 0 aliphatic rings. The number of nitrogens with one attached hydrogen (secondary N) is 1. The number of hydrogen-bond donors (Lipinski definition) is 2. The second-order valence-electron chi connectivity index (χ2n) is 4.04. The van der Waals surface area contributed by atoms with Crippen molar-refractivity contribution in [2.24, 2.45) is 5.73 Å². The minimum absolute atomic E-state index is 0.0107. The predicted molar refractivity (Wildman–Crippen MR) is 65.9 cm³/mol. The molecule has 0 aromatic heterocycles. The van der Waals surface area contributed by atoms with E-state index in [4.69, 9.17) is 5.73 Å². The topological polar surface area (TPSA) is 55.1 Å². The Bertz CT molecular complexity index is 324. The molecule has 3 N–H and O–H groups in total. The van der Waals surface area contributed by atoms with E-state index < -0.39 is 6.04 Å². The highest BCUT2D eigenvalue weighted by atomic mass is 16.2. The van der Waals surface area contributed by atoms with E-state index in [0.29, 0.717) is 0 Å². The van der Waals surface area contributed by atoms with E-state index in [1.807, 2.05) is 44.2 Å². The third kappa shape index (κ3) is 3.66. The summed E-state index contributed by atoms with van der Waals surface area (Å²) in [6.45, 7) is 3.99. The standard InChI is InChI=1S/C13H20N2O/c1-3-7-12(14)13(16)15-10(2)11-8-5-4-6-9-11/h4-6,8-10,12H,3,7,14H2,1-2H3,(H,15,16)/t10?,12-/m1/s1. The van der Waals surface area contributed by atoms with E-state index in [0.717, 1.165) is 18.4 Å². The molecule has 1 amide bonds. The lowest BCUT2D eigenvalue weighted by atomic mass is 10.1. The van der Waals surface area contributed by atoms with Gasteiger partial charge in [-0.15, -0.1) is 0 Å². The fourth-order valence-electron chi connectivity index (χ4n) is 1.59. The van der Waals surface area contributed by atoms with Crippen LogP contribution in [-0.4, -0.2) is 11.9 Å². The van der Waals surface area contributed by atoms with Crippen LogP contribution in [0.5, 0.6) is 0 Å². The zero-order valence-corrected chi connectivity index (χ0v) is 9.94. The summed E-state index contributed by atoms with van der Waals surface area (Å²) < 4.78 is 0. The van der Waals surface area contributed by atoms with Gasteiger partial charge < -0.3 is 11.1 Å². The number of amides is 1. The number of benzene rings is 1. The summed E-state index contributed by atoms with van der Waals surface area (Å²) in [5, 5.41) is 2.92. The van der Waals surface area contributed by atoms with E-state index in [-0.39, 0.29) is 11.9 Å². The highest BCUT2D eigenvalue weighted by Gasteiger charge is 2.15. The molecule has 0 bridgehead atoms. The molecule has 3 nitrogen and oxygen atoms in total. The largest absolute Gasteiger partial charge is 0.348 e. The fourth-order valence-corrected chi connectivity index (χ4v) is 1.59. The first kappa shape index (κ1) is 12.7. The Kier molecular flexibility index (Phi) is 4.99. The maximum Gasteiger partial charge on any atom is 0.237 e. The monoisotopic (exact) mass is 220 g/mol. The van der Waals surface area contributed by atoms with Gasteiger partial charge in [0.1, 0.15) is 0 Å². The van der Waals surface area contributed by atoms with Crippen LogP contribution < -0.4 is 11.1 Å². The van der Waals surface area contributed by atoms with Gasteiger partial charge >= 0.3 is 0 Å². The molecule has 3 heteroatoms. The Hall–Kier alpha value is -1.35. The summed E-state index contributed by atoms with van der Waals surface area (Å²) >= 11 is 0. The van der Waals surface area contributed by atoms with Crippen LogP contribution in [0, 0.1) is 0 Å². The van der Waals surface area contributed by atoms with E-state index in [2.05, 4.69) is 5.32 Å². The van der Waals surface area contributed by atoms with Crippen LogP contribution in [0.2, 0.25) is 0 Å². The molecule has 0 fully saturated rings. The van der Waals surface area contributed by atoms with Gasteiger partial charge in [0.2, 0.25) is 5.91 Å². The molecule has 0 heterocycles. The van der Waals surface area contributed by atoms with Gasteiger partial charge in [0, 0.05) is 0 Å². The molecule has 1 aromatic rings. The van der Waals surface area contributed by atoms with Crippen molar-refractivity contribution in [3.8, 4) is 0 Å². The molecule has 88 valence electrons. The van der Waals surface area contributed by atoms with Crippen molar-refractivity contribution in [2.75, 3.05) is 0 Å². The molecular formula is C13H20N2O. The highest BCUT2D eigenvalue weighted by molar-refractivity contribution is 5.81. The first-order valence-corrected chi connectivity index (χ1v) is 5.76. The van der Waals surface area contributed by atoms with Gasteiger partial charge in [-0.1, -0.05) is 43.7 Å². The SMILES string of the molecule is CCC[C@@H](N)C(=O)NC(C)c1ccccc1. The van der Waals surface area contributed by atoms with Gasteiger partial charge in [0.15, 0.2) is 0 Å². The van der Waals surface area contributed by atoms with Crippen molar-refractivity contribution in [1.29, 1.82) is 0 Å². The molecule has 1 unspecified atom stereocenters. The van der Waals surface area contributed by atoms with Gasteiger partial charge in [0.05, 0.1) is 12.1 Å². The normalized spacial score (nSPS) is 14.2. The van der Waals surface area contributed by atoms with Crippen LogP contribution in [-0.2, 0) is 4.79 Å². The van der Waals surface area contributed by atoms with E-state index in [1.54, 1.807) is 0 Å². The second-order valence-corrected chi connectivity index (χ2v) is 4.04. The average molecular weight is 220 g/mol. The van der Waals surface area contributed by atoms with Crippen LogP contribution in [0.1, 0.15) is 38.3 Å². The van der Waals surface area contributed by atoms with Gasteiger partial charge in [-0.05, 0) is 18.9 Å². The molecule has 0 spiro atoms. The molecule has 0 aliphatic carbocycles. The minimum atomic E-state index is -0.392. The summed E-state index contributed by atoms with van der Waals surface area (Å²) in [5.74, 6) is -0.0711. The van der Waals surface area contributed by atoms with Crippen molar-refractivity contribution < 1.29 is 4.79 Å². The highest BCUT2D eigenvalue weighted by Crippen LogP contribution is 2.11. The fraction of sp³-hybridized carbons (Fsp3) is 0.462. The molecule has 1 rings (SSSR count). The number of nitrogens with two attached hydrogens (primary N) is 1.